The number of hydrogen-bond donors (Lipinski definition) is 2. The fourth-order valence-corrected chi connectivity index (χ4v) is 5.50. The molecule has 174 valence electrons. The van der Waals surface area contributed by atoms with Crippen molar-refractivity contribution in [1.82, 2.24) is 14.8 Å². The number of piperidine rings is 1. The molecule has 3 aromatic rings. The quantitative estimate of drug-likeness (QED) is 0.602. The molecule has 1 unspecified atom stereocenters. The number of aliphatic hydroxyl groups excluding tert-OH is 1. The Bertz CT molecular complexity index is 1160. The highest BCUT2D eigenvalue weighted by Gasteiger charge is 2.24. The number of likely N-dealkylation sites (tertiary alicyclic amines) is 1. The molecule has 33 heavy (non-hydrogen) atoms. The fraction of sp³-hybridized carbons (Fsp3) is 0.444. The minimum absolute atomic E-state index is 0.0472. The van der Waals surface area contributed by atoms with Gasteiger partial charge in [0, 0.05) is 50.0 Å². The van der Waals surface area contributed by atoms with Gasteiger partial charge < -0.3 is 24.6 Å². The van der Waals surface area contributed by atoms with E-state index in [0.717, 1.165) is 68.6 Å². The lowest BCUT2D eigenvalue weighted by Gasteiger charge is -2.33. The molecular weight excluding hydrogens is 414 g/mol. The molecule has 0 saturated carbocycles. The van der Waals surface area contributed by atoms with Gasteiger partial charge in [-0.15, -0.1) is 0 Å². The summed E-state index contributed by atoms with van der Waals surface area (Å²) in [5.74, 6) is 0.900. The third kappa shape index (κ3) is 4.25. The number of hydrogen-bond acceptors (Lipinski definition) is 4. The van der Waals surface area contributed by atoms with Gasteiger partial charge in [-0.3, -0.25) is 4.79 Å². The topological polar surface area (TPSA) is 66.7 Å². The van der Waals surface area contributed by atoms with Crippen molar-refractivity contribution in [3.05, 3.63) is 64.8 Å². The molecule has 1 aliphatic heterocycles. The molecule has 0 radical (unpaired) electrons. The maximum absolute atomic E-state index is 12.1. The molecule has 6 heteroatoms. The predicted molar refractivity (Wildman–Crippen MR) is 130 cm³/mol. The molecule has 2 aromatic carbocycles. The smallest absolute Gasteiger partial charge is 0.251 e. The van der Waals surface area contributed by atoms with Crippen molar-refractivity contribution in [1.29, 1.82) is 0 Å². The lowest BCUT2D eigenvalue weighted by Crippen LogP contribution is -2.35. The van der Waals surface area contributed by atoms with Crippen molar-refractivity contribution in [2.75, 3.05) is 33.8 Å². The summed E-state index contributed by atoms with van der Waals surface area (Å²) in [5.41, 5.74) is 5.34. The van der Waals surface area contributed by atoms with E-state index >= 15 is 0 Å². The van der Waals surface area contributed by atoms with Crippen molar-refractivity contribution in [3.63, 3.8) is 0 Å². The molecule has 1 fully saturated rings. The van der Waals surface area contributed by atoms with Crippen LogP contribution in [0.1, 0.15) is 58.5 Å². The zero-order chi connectivity index (χ0) is 22.9. The SMILES string of the molecule is CNC(=O)c1ccc2ccn(C3CCN(CCc4cc5c(cc4OC)CCC5O)CC3)c2c1. The van der Waals surface area contributed by atoms with E-state index in [9.17, 15) is 9.90 Å². The Labute approximate surface area is 195 Å². The van der Waals surface area contributed by atoms with Crippen LogP contribution in [0.5, 0.6) is 5.75 Å². The van der Waals surface area contributed by atoms with Gasteiger partial charge in [0.25, 0.3) is 5.91 Å². The fourth-order valence-electron chi connectivity index (χ4n) is 5.50. The summed E-state index contributed by atoms with van der Waals surface area (Å²) in [6.45, 7) is 3.09. The van der Waals surface area contributed by atoms with Crippen molar-refractivity contribution in [2.24, 2.45) is 0 Å². The van der Waals surface area contributed by atoms with Crippen molar-refractivity contribution < 1.29 is 14.6 Å². The number of amides is 1. The molecule has 1 atom stereocenters. The highest BCUT2D eigenvalue weighted by Crippen LogP contribution is 2.36. The molecule has 2 heterocycles. The third-order valence-electron chi connectivity index (χ3n) is 7.45. The number of methoxy groups -OCH3 is 1. The van der Waals surface area contributed by atoms with Crippen LogP contribution in [-0.4, -0.2) is 54.3 Å². The molecule has 2 N–H and O–H groups in total. The number of benzene rings is 2. The van der Waals surface area contributed by atoms with Gasteiger partial charge in [0.1, 0.15) is 5.75 Å². The average Bonchev–Trinajstić information content (AvgIpc) is 3.44. The zero-order valence-electron chi connectivity index (χ0n) is 19.5. The molecule has 1 aromatic heterocycles. The van der Waals surface area contributed by atoms with Crippen molar-refractivity contribution in [2.45, 2.75) is 44.2 Å². The van der Waals surface area contributed by atoms with E-state index < -0.39 is 0 Å². The monoisotopic (exact) mass is 447 g/mol. The minimum Gasteiger partial charge on any atom is -0.496 e. The number of aliphatic hydroxyl groups is 1. The van der Waals surface area contributed by atoms with Crippen LogP contribution in [0, 0.1) is 0 Å². The number of carbonyl (C=O) groups excluding carboxylic acids is 1. The zero-order valence-corrected chi connectivity index (χ0v) is 19.5. The first-order valence-corrected chi connectivity index (χ1v) is 12.0. The van der Waals surface area contributed by atoms with Crippen LogP contribution in [0.4, 0.5) is 0 Å². The summed E-state index contributed by atoms with van der Waals surface area (Å²) in [4.78, 5) is 14.6. The number of aromatic nitrogens is 1. The second-order valence-corrected chi connectivity index (χ2v) is 9.32. The minimum atomic E-state index is -0.333. The molecule has 0 bridgehead atoms. The average molecular weight is 448 g/mol. The van der Waals surface area contributed by atoms with Gasteiger partial charge in [0.05, 0.1) is 13.2 Å². The first-order chi connectivity index (χ1) is 16.1. The standard InChI is InChI=1S/C27H33N3O3/c1-28-27(32)21-4-3-18-8-14-30(24(18)16-21)22-9-12-29(13-10-22)11-7-20-15-23-19(5-6-25(23)31)17-26(20)33-2/h3-4,8,14-17,22,25,31H,5-7,9-13H2,1-2H3,(H,28,32). The molecule has 1 aliphatic carbocycles. The summed E-state index contributed by atoms with van der Waals surface area (Å²) in [7, 11) is 3.40. The van der Waals surface area contributed by atoms with Crippen LogP contribution in [-0.2, 0) is 12.8 Å². The van der Waals surface area contributed by atoms with E-state index in [-0.39, 0.29) is 12.0 Å². The largest absolute Gasteiger partial charge is 0.496 e. The van der Waals surface area contributed by atoms with Crippen LogP contribution in [0.25, 0.3) is 10.9 Å². The Kier molecular flexibility index (Phi) is 6.13. The Morgan fingerprint density at radius 2 is 1.97 bits per heavy atom. The van der Waals surface area contributed by atoms with Gasteiger partial charge in [-0.05, 0) is 84.5 Å². The number of nitrogens with one attached hydrogen (secondary N) is 1. The number of aryl methyl sites for hydroxylation is 1. The van der Waals surface area contributed by atoms with E-state index in [4.69, 9.17) is 4.74 Å². The maximum atomic E-state index is 12.1. The number of carbonyl (C=O) groups is 1. The molecule has 1 saturated heterocycles. The van der Waals surface area contributed by atoms with Gasteiger partial charge in [-0.1, -0.05) is 6.07 Å². The van der Waals surface area contributed by atoms with Crippen LogP contribution in [0.15, 0.2) is 42.6 Å². The Morgan fingerprint density at radius 3 is 2.73 bits per heavy atom. The van der Waals surface area contributed by atoms with Crippen LogP contribution < -0.4 is 10.1 Å². The Morgan fingerprint density at radius 1 is 1.15 bits per heavy atom. The van der Waals surface area contributed by atoms with E-state index in [1.54, 1.807) is 14.2 Å². The summed E-state index contributed by atoms with van der Waals surface area (Å²) in [6, 6.07) is 12.8. The van der Waals surface area contributed by atoms with Gasteiger partial charge in [0.2, 0.25) is 0 Å². The first kappa shape index (κ1) is 22.0. The molecule has 5 rings (SSSR count). The second-order valence-electron chi connectivity index (χ2n) is 9.32. The second kappa shape index (κ2) is 9.20. The maximum Gasteiger partial charge on any atom is 0.251 e. The van der Waals surface area contributed by atoms with Gasteiger partial charge in [-0.25, -0.2) is 0 Å². The number of fused-ring (bicyclic) bond motifs is 2. The predicted octanol–water partition coefficient (Wildman–Crippen LogP) is 3.87. The highest BCUT2D eigenvalue weighted by molar-refractivity contribution is 5.97. The lowest BCUT2D eigenvalue weighted by molar-refractivity contribution is 0.0963. The summed E-state index contributed by atoms with van der Waals surface area (Å²) in [5, 5.41) is 14.2. The van der Waals surface area contributed by atoms with Crippen LogP contribution in [0.2, 0.25) is 0 Å². The van der Waals surface area contributed by atoms with E-state index in [2.05, 4.69) is 39.2 Å². The van der Waals surface area contributed by atoms with Crippen molar-refractivity contribution >= 4 is 16.8 Å². The Hall–Kier alpha value is -2.83. The molecular formula is C27H33N3O3. The van der Waals surface area contributed by atoms with Gasteiger partial charge in [0.15, 0.2) is 0 Å². The number of rotatable bonds is 6. The summed E-state index contributed by atoms with van der Waals surface area (Å²) < 4.78 is 8.01. The number of ether oxygens (including phenoxy) is 1. The van der Waals surface area contributed by atoms with E-state index in [1.165, 1.54) is 16.5 Å². The Balaban J connectivity index is 1.23. The third-order valence-corrected chi connectivity index (χ3v) is 7.45. The van der Waals surface area contributed by atoms with Crippen molar-refractivity contribution in [3.8, 4) is 5.75 Å². The number of nitrogens with zero attached hydrogens (tertiary/aromatic N) is 2. The molecule has 6 nitrogen and oxygen atoms in total. The van der Waals surface area contributed by atoms with Crippen LogP contribution >= 0.6 is 0 Å². The van der Waals surface area contributed by atoms with E-state index in [1.807, 2.05) is 18.2 Å². The normalized spacial score (nSPS) is 19.1. The van der Waals surface area contributed by atoms with E-state index in [0.29, 0.717) is 11.6 Å². The molecule has 0 spiro atoms. The molecule has 1 amide bonds. The lowest BCUT2D eigenvalue weighted by atomic mass is 10.0. The molecule has 2 aliphatic rings. The first-order valence-electron chi connectivity index (χ1n) is 12.0. The van der Waals surface area contributed by atoms with Crippen LogP contribution in [0.3, 0.4) is 0 Å². The van der Waals surface area contributed by atoms with Gasteiger partial charge in [-0.2, -0.15) is 0 Å². The highest BCUT2D eigenvalue weighted by atomic mass is 16.5. The van der Waals surface area contributed by atoms with Gasteiger partial charge >= 0.3 is 0 Å². The summed E-state index contributed by atoms with van der Waals surface area (Å²) in [6.07, 6.45) is 6.69. The summed E-state index contributed by atoms with van der Waals surface area (Å²) >= 11 is 0.